The number of allylic oxidation sites excluding steroid dienone is 6. The van der Waals surface area contributed by atoms with E-state index in [1.54, 1.807) is 12.2 Å². The van der Waals surface area contributed by atoms with Crippen LogP contribution in [0, 0.1) is 5.92 Å². The molecule has 1 unspecified atom stereocenters. The highest BCUT2D eigenvalue weighted by atomic mass is 16.6. The third kappa shape index (κ3) is 32.1. The van der Waals surface area contributed by atoms with Gasteiger partial charge in [-0.25, -0.2) is 0 Å². The number of esters is 2. The molecule has 3 N–H and O–H groups in total. The molecule has 0 saturated heterocycles. The van der Waals surface area contributed by atoms with Gasteiger partial charge in [0, 0.05) is 12.8 Å². The molecule has 0 spiro atoms. The Labute approximate surface area is 287 Å². The van der Waals surface area contributed by atoms with Crippen molar-refractivity contribution in [3.8, 4) is 0 Å². The average molecular weight is 663 g/mol. The minimum atomic E-state index is -0.878. The molecule has 4 atom stereocenters. The summed E-state index contributed by atoms with van der Waals surface area (Å²) in [5.74, 6) is 0.0409. The predicted octanol–water partition coefficient (Wildman–Crippen LogP) is 9.25. The molecule has 0 heterocycles. The quantitative estimate of drug-likeness (QED) is 0.0374. The summed E-state index contributed by atoms with van der Waals surface area (Å²) in [7, 11) is 0. The van der Waals surface area contributed by atoms with Crippen LogP contribution < -0.4 is 0 Å². The summed E-state index contributed by atoms with van der Waals surface area (Å²) >= 11 is 0. The van der Waals surface area contributed by atoms with Gasteiger partial charge >= 0.3 is 11.9 Å². The zero-order valence-electron chi connectivity index (χ0n) is 30.2. The van der Waals surface area contributed by atoms with E-state index in [2.05, 4.69) is 20.8 Å². The molecule has 0 aliphatic carbocycles. The van der Waals surface area contributed by atoms with Gasteiger partial charge in [-0.3, -0.25) is 9.59 Å². The van der Waals surface area contributed by atoms with Crippen LogP contribution >= 0.6 is 0 Å². The van der Waals surface area contributed by atoms with E-state index < -0.39 is 24.8 Å². The number of carbonyl (C=O) groups is 2. The molecule has 0 fully saturated rings. The van der Waals surface area contributed by atoms with E-state index in [0.717, 1.165) is 57.3 Å². The topological polar surface area (TPSA) is 113 Å². The number of carbonyl (C=O) groups excluding carboxylic acids is 2. The third-order valence-corrected chi connectivity index (χ3v) is 8.37. The minimum absolute atomic E-state index is 0.106. The normalized spacial score (nSPS) is 14.8. The van der Waals surface area contributed by atoms with Crippen molar-refractivity contribution in [2.45, 2.75) is 174 Å². The Morgan fingerprint density at radius 1 is 0.638 bits per heavy atom. The summed E-state index contributed by atoms with van der Waals surface area (Å²) < 4.78 is 10.5. The van der Waals surface area contributed by atoms with Gasteiger partial charge in [-0.05, 0) is 38.0 Å². The van der Waals surface area contributed by atoms with Crippen LogP contribution in [0.25, 0.3) is 0 Å². The SMILES string of the molecule is CCCCC[C@@H](O)/C=C/C=C\C/C=C\C=C\[C@@H](O)CCCC(=O)O[C@@H](CO)COC(=O)CCCCCCCCCCCCC(C)CC. The highest BCUT2D eigenvalue weighted by Crippen LogP contribution is 2.16. The van der Waals surface area contributed by atoms with Crippen molar-refractivity contribution in [2.75, 3.05) is 13.2 Å². The second-order valence-electron chi connectivity index (χ2n) is 12.9. The first-order valence-corrected chi connectivity index (χ1v) is 18.8. The lowest BCUT2D eigenvalue weighted by atomic mass is 9.99. The van der Waals surface area contributed by atoms with Gasteiger partial charge in [0.2, 0.25) is 0 Å². The van der Waals surface area contributed by atoms with Crippen LogP contribution in [-0.4, -0.2) is 58.8 Å². The summed E-state index contributed by atoms with van der Waals surface area (Å²) in [6.45, 7) is 6.19. The molecule has 0 aromatic heterocycles. The van der Waals surface area contributed by atoms with Gasteiger partial charge in [0.15, 0.2) is 6.10 Å². The predicted molar refractivity (Wildman–Crippen MR) is 194 cm³/mol. The molecular weight excluding hydrogens is 592 g/mol. The zero-order valence-corrected chi connectivity index (χ0v) is 30.2. The Morgan fingerprint density at radius 2 is 1.15 bits per heavy atom. The summed E-state index contributed by atoms with van der Waals surface area (Å²) in [6.07, 6.45) is 33.8. The van der Waals surface area contributed by atoms with E-state index in [0.29, 0.717) is 19.3 Å². The van der Waals surface area contributed by atoms with Crippen LogP contribution in [0.1, 0.15) is 156 Å². The maximum atomic E-state index is 12.2. The molecular formula is C40H70O7. The molecule has 0 aliphatic heterocycles. The molecule has 0 rings (SSSR count). The van der Waals surface area contributed by atoms with E-state index in [-0.39, 0.29) is 25.1 Å². The van der Waals surface area contributed by atoms with Crippen LogP contribution in [0.2, 0.25) is 0 Å². The first-order chi connectivity index (χ1) is 22.8. The Morgan fingerprint density at radius 3 is 1.70 bits per heavy atom. The van der Waals surface area contributed by atoms with Crippen molar-refractivity contribution in [1.82, 2.24) is 0 Å². The molecule has 0 amide bonds. The monoisotopic (exact) mass is 663 g/mol. The van der Waals surface area contributed by atoms with Crippen LogP contribution in [0.3, 0.4) is 0 Å². The number of hydrogen-bond acceptors (Lipinski definition) is 7. The van der Waals surface area contributed by atoms with Crippen molar-refractivity contribution in [2.24, 2.45) is 5.92 Å². The van der Waals surface area contributed by atoms with Crippen molar-refractivity contribution in [3.63, 3.8) is 0 Å². The van der Waals surface area contributed by atoms with Gasteiger partial charge < -0.3 is 24.8 Å². The van der Waals surface area contributed by atoms with Crippen molar-refractivity contribution in [1.29, 1.82) is 0 Å². The third-order valence-electron chi connectivity index (χ3n) is 8.37. The van der Waals surface area contributed by atoms with Crippen LogP contribution in [-0.2, 0) is 19.1 Å². The van der Waals surface area contributed by atoms with Gasteiger partial charge in [0.25, 0.3) is 0 Å². The Bertz CT molecular complexity index is 848. The number of rotatable bonds is 32. The number of aliphatic hydroxyl groups excluding tert-OH is 3. The number of unbranched alkanes of at least 4 members (excludes halogenated alkanes) is 11. The minimum Gasteiger partial charge on any atom is -0.462 e. The largest absolute Gasteiger partial charge is 0.462 e. The number of ether oxygens (including phenoxy) is 2. The molecule has 0 aromatic rings. The van der Waals surface area contributed by atoms with E-state index in [9.17, 15) is 24.9 Å². The van der Waals surface area contributed by atoms with Crippen molar-refractivity contribution < 1.29 is 34.4 Å². The second-order valence-corrected chi connectivity index (χ2v) is 12.9. The van der Waals surface area contributed by atoms with Crippen LogP contribution in [0.5, 0.6) is 0 Å². The highest BCUT2D eigenvalue weighted by molar-refractivity contribution is 5.70. The fourth-order valence-electron chi connectivity index (χ4n) is 5.04. The lowest BCUT2D eigenvalue weighted by Crippen LogP contribution is -2.28. The van der Waals surface area contributed by atoms with Gasteiger partial charge in [-0.15, -0.1) is 0 Å². The Kier molecular flexibility index (Phi) is 32.1. The molecule has 0 aliphatic rings. The molecule has 7 heteroatoms. The van der Waals surface area contributed by atoms with E-state index >= 15 is 0 Å². The van der Waals surface area contributed by atoms with Crippen LogP contribution in [0.15, 0.2) is 48.6 Å². The highest BCUT2D eigenvalue weighted by Gasteiger charge is 2.16. The summed E-state index contributed by atoms with van der Waals surface area (Å²) in [4.78, 5) is 24.2. The van der Waals surface area contributed by atoms with Gasteiger partial charge in [0.05, 0.1) is 18.8 Å². The summed E-state index contributed by atoms with van der Waals surface area (Å²) in [5, 5.41) is 29.5. The summed E-state index contributed by atoms with van der Waals surface area (Å²) in [5.41, 5.74) is 0. The first kappa shape index (κ1) is 44.8. The van der Waals surface area contributed by atoms with E-state index in [1.807, 2.05) is 36.5 Å². The number of hydrogen-bond donors (Lipinski definition) is 3. The van der Waals surface area contributed by atoms with E-state index in [4.69, 9.17) is 9.47 Å². The maximum Gasteiger partial charge on any atom is 0.306 e. The smallest absolute Gasteiger partial charge is 0.306 e. The fraction of sp³-hybridized carbons (Fsp3) is 0.750. The standard InChI is InChI=1S/C40H70O7/c1-4-6-20-27-36(42)28-22-17-13-11-14-18-23-29-37(43)30-25-32-40(45)47-38(33-41)34-46-39(44)31-24-19-15-10-8-7-9-12-16-21-26-35(3)5-2/h13-14,17-18,22-23,28-29,35-38,41-43H,4-12,15-16,19-21,24-27,30-34H2,1-3H3/b17-13-,18-14-,28-22+,29-23+/t35?,36-,37-,38+/m1/s1. The lowest BCUT2D eigenvalue weighted by molar-refractivity contribution is -0.161. The van der Waals surface area contributed by atoms with Crippen molar-refractivity contribution >= 4 is 11.9 Å². The maximum absolute atomic E-state index is 12.2. The summed E-state index contributed by atoms with van der Waals surface area (Å²) in [6, 6.07) is 0. The molecule has 272 valence electrons. The molecule has 0 saturated carbocycles. The Balaban J connectivity index is 3.85. The average Bonchev–Trinajstić information content (AvgIpc) is 3.06. The first-order valence-electron chi connectivity index (χ1n) is 18.8. The Hall–Kier alpha value is -2.22. The molecule has 0 bridgehead atoms. The van der Waals surface area contributed by atoms with Crippen LogP contribution in [0.4, 0.5) is 0 Å². The van der Waals surface area contributed by atoms with Gasteiger partial charge in [0.1, 0.15) is 6.61 Å². The number of aliphatic hydroxyl groups is 3. The zero-order chi connectivity index (χ0) is 34.8. The lowest BCUT2D eigenvalue weighted by Gasteiger charge is -2.16. The van der Waals surface area contributed by atoms with E-state index in [1.165, 1.54) is 57.8 Å². The molecule has 47 heavy (non-hydrogen) atoms. The second kappa shape index (κ2) is 33.7. The van der Waals surface area contributed by atoms with Gasteiger partial charge in [-0.1, -0.05) is 159 Å². The van der Waals surface area contributed by atoms with Gasteiger partial charge in [-0.2, -0.15) is 0 Å². The molecule has 0 aromatic carbocycles. The fourth-order valence-corrected chi connectivity index (χ4v) is 5.04. The molecule has 0 radical (unpaired) electrons. The molecule has 7 nitrogen and oxygen atoms in total. The van der Waals surface area contributed by atoms with Crippen molar-refractivity contribution in [3.05, 3.63) is 48.6 Å².